The average Bonchev–Trinajstić information content (AvgIpc) is 3.27. The van der Waals surface area contributed by atoms with E-state index in [4.69, 9.17) is 43.4 Å². The van der Waals surface area contributed by atoms with Crippen LogP contribution in [0.5, 0.6) is 0 Å². The van der Waals surface area contributed by atoms with E-state index >= 15 is 0 Å². The van der Waals surface area contributed by atoms with E-state index in [9.17, 15) is 16.8 Å². The van der Waals surface area contributed by atoms with E-state index in [2.05, 4.69) is 29.3 Å². The van der Waals surface area contributed by atoms with Gasteiger partial charge in [0.05, 0.1) is 36.2 Å². The molecule has 14 nitrogen and oxygen atoms in total. The summed E-state index contributed by atoms with van der Waals surface area (Å²) in [4.78, 5) is 0.369. The van der Waals surface area contributed by atoms with Crippen LogP contribution in [0.3, 0.4) is 0 Å². The molecule has 6 N–H and O–H groups in total. The van der Waals surface area contributed by atoms with Gasteiger partial charge in [-0.25, -0.2) is 0 Å². The Labute approximate surface area is 379 Å². The van der Waals surface area contributed by atoms with Crippen LogP contribution in [0.25, 0.3) is 0 Å². The summed E-state index contributed by atoms with van der Waals surface area (Å²) in [5, 5.41) is 44.5. The highest BCUT2D eigenvalue weighted by atomic mass is 32.2. The summed E-state index contributed by atoms with van der Waals surface area (Å²) in [7, 11) is -1.96. The molecule has 0 aromatic heterocycles. The Balaban J connectivity index is -0.000000754. The lowest BCUT2D eigenvalue weighted by Gasteiger charge is -2.04. The Morgan fingerprint density at radius 1 is 0.476 bits per heavy atom. The molecule has 0 fully saturated rings. The fraction of sp³-hybridized carbons (Fsp3) is 0.532. The molecule has 63 heavy (non-hydrogen) atoms. The highest BCUT2D eigenvalue weighted by Gasteiger charge is 2.14. The Bertz CT molecular complexity index is 1670. The molecule has 0 aliphatic carbocycles. The zero-order valence-corrected chi connectivity index (χ0v) is 39.8. The van der Waals surface area contributed by atoms with Crippen molar-refractivity contribution in [3.63, 3.8) is 0 Å². The lowest BCUT2D eigenvalue weighted by Crippen LogP contribution is -2.07. The number of methoxy groups -OCH3 is 2. The third-order valence-electron chi connectivity index (χ3n) is 7.36. The van der Waals surface area contributed by atoms with Crippen LogP contribution in [0, 0.1) is 25.7 Å². The summed E-state index contributed by atoms with van der Waals surface area (Å²) >= 11 is 0. The number of nitrogens with one attached hydrogen (secondary N) is 1. The molecule has 0 atom stereocenters. The van der Waals surface area contributed by atoms with Crippen molar-refractivity contribution in [3.8, 4) is 11.8 Å². The van der Waals surface area contributed by atoms with E-state index in [1.165, 1.54) is 12.1 Å². The molecule has 0 unspecified atom stereocenters. The van der Waals surface area contributed by atoms with Crippen LogP contribution < -0.4 is 5.32 Å². The third-order valence-corrected chi connectivity index (χ3v) is 10.0. The van der Waals surface area contributed by atoms with Crippen LogP contribution in [-0.2, 0) is 38.1 Å². The van der Waals surface area contributed by atoms with Crippen LogP contribution in [0.1, 0.15) is 75.3 Å². The summed E-state index contributed by atoms with van der Waals surface area (Å²) in [6, 6.07) is 13.1. The van der Waals surface area contributed by atoms with Gasteiger partial charge in [0.1, 0.15) is 0 Å². The van der Waals surface area contributed by atoms with Crippen molar-refractivity contribution in [3.05, 3.63) is 108 Å². The van der Waals surface area contributed by atoms with E-state index < -0.39 is 20.2 Å². The maximum absolute atomic E-state index is 11.8. The zero-order chi connectivity index (χ0) is 47.7. The van der Waals surface area contributed by atoms with Crippen molar-refractivity contribution >= 4 is 20.2 Å². The van der Waals surface area contributed by atoms with Crippen molar-refractivity contribution in [2.75, 3.05) is 87.3 Å². The van der Waals surface area contributed by atoms with Gasteiger partial charge in [-0.15, -0.1) is 11.8 Å². The number of aryl methyl sites for hydroxylation is 2. The minimum Gasteiger partial charge on any atom is -0.396 e. The van der Waals surface area contributed by atoms with Gasteiger partial charge in [-0.2, -0.15) is 16.8 Å². The number of hydrogen-bond acceptors (Lipinski definition) is 14. The first-order valence-electron chi connectivity index (χ1n) is 21.0. The van der Waals surface area contributed by atoms with Crippen molar-refractivity contribution in [2.45, 2.75) is 87.8 Å². The molecule has 0 aliphatic rings. The van der Waals surface area contributed by atoms with Crippen LogP contribution in [0.2, 0.25) is 0 Å². The molecule has 0 saturated heterocycles. The molecule has 0 spiro atoms. The fourth-order valence-electron chi connectivity index (χ4n) is 4.05. The molecule has 2 aromatic rings. The summed E-state index contributed by atoms with van der Waals surface area (Å²) < 4.78 is 66.7. The van der Waals surface area contributed by atoms with Crippen LogP contribution in [0.15, 0.2) is 107 Å². The van der Waals surface area contributed by atoms with E-state index in [1.807, 2.05) is 45.2 Å². The maximum Gasteiger partial charge on any atom is 0.296 e. The molecular formula is C47H77NO13S2. The minimum absolute atomic E-state index is 0.0963. The van der Waals surface area contributed by atoms with Crippen molar-refractivity contribution in [2.24, 2.45) is 0 Å². The lowest BCUT2D eigenvalue weighted by molar-refractivity contribution is 0.204. The quantitative estimate of drug-likeness (QED) is 0.0264. The predicted octanol–water partition coefficient (Wildman–Crippen LogP) is 5.96. The largest absolute Gasteiger partial charge is 0.396 e. The van der Waals surface area contributed by atoms with Gasteiger partial charge in [0.2, 0.25) is 0 Å². The van der Waals surface area contributed by atoms with E-state index in [0.29, 0.717) is 51.6 Å². The standard InChI is InChI=1S/C14H20O4S.C13H18O4S.C8H17NO.C6H12O2.C6H10O2/c1-13-7-9-14(10-8-13)19(15,16)18-12-6-4-3-5-11-17-2;1-12-6-8-13(9-7-12)18(15,16)17-11-5-3-2-4-10-14;1-9-7-5-3-4-6-8-10-2;2*7-5-3-1-2-4-6-8/h3-4,7-10H,5-6,11-12H2,1-2H3;2-3,6-9,14H,4-5,10-11H2,1H3;3-4,9H,5-8H2,1-2H3;1-2,7-8H,3-6H2;7-8H,3-6H2/b4-3-;3-2-;4-3-;2-1-;. The molecule has 0 radical (unpaired) electrons. The molecule has 2 aromatic carbocycles. The second-order valence-electron chi connectivity index (χ2n) is 12.9. The number of aliphatic hydroxyl groups is 5. The zero-order valence-electron chi connectivity index (χ0n) is 38.2. The highest BCUT2D eigenvalue weighted by molar-refractivity contribution is 7.87. The number of benzene rings is 2. The van der Waals surface area contributed by atoms with Crippen molar-refractivity contribution in [1.29, 1.82) is 0 Å². The van der Waals surface area contributed by atoms with Gasteiger partial charge in [-0.1, -0.05) is 84.0 Å². The van der Waals surface area contributed by atoms with Gasteiger partial charge in [0.25, 0.3) is 20.2 Å². The van der Waals surface area contributed by atoms with Crippen molar-refractivity contribution < 1.29 is 60.2 Å². The molecular weight excluding hydrogens is 851 g/mol. The van der Waals surface area contributed by atoms with Crippen LogP contribution in [0.4, 0.5) is 0 Å². The minimum atomic E-state index is -3.65. The summed E-state index contributed by atoms with van der Waals surface area (Å²) in [5.74, 6) is 5.35. The third kappa shape index (κ3) is 44.8. The topological polar surface area (TPSA) is 218 Å². The van der Waals surface area contributed by atoms with Gasteiger partial charge >= 0.3 is 0 Å². The lowest BCUT2D eigenvalue weighted by atomic mass is 10.2. The van der Waals surface area contributed by atoms with E-state index in [-0.39, 0.29) is 56.0 Å². The maximum atomic E-state index is 11.8. The Morgan fingerprint density at radius 3 is 1.06 bits per heavy atom. The van der Waals surface area contributed by atoms with Gasteiger partial charge in [0, 0.05) is 60.1 Å². The smallest absolute Gasteiger partial charge is 0.296 e. The molecule has 0 bridgehead atoms. The predicted molar refractivity (Wildman–Crippen MR) is 252 cm³/mol. The second kappa shape index (κ2) is 47.9. The Kier molecular flexibility index (Phi) is 48.5. The number of rotatable bonds is 27. The molecule has 0 amide bonds. The van der Waals surface area contributed by atoms with Crippen LogP contribution in [-0.4, -0.2) is 130 Å². The van der Waals surface area contributed by atoms with E-state index in [1.54, 1.807) is 62.8 Å². The highest BCUT2D eigenvalue weighted by Crippen LogP contribution is 2.14. The molecule has 0 heterocycles. The fourth-order valence-corrected chi connectivity index (χ4v) is 5.89. The van der Waals surface area contributed by atoms with Gasteiger partial charge in [-0.3, -0.25) is 8.37 Å². The first-order valence-corrected chi connectivity index (χ1v) is 23.8. The van der Waals surface area contributed by atoms with Crippen LogP contribution >= 0.6 is 0 Å². The summed E-state index contributed by atoms with van der Waals surface area (Å²) in [6.07, 6.45) is 22.5. The molecule has 2 rings (SSSR count). The normalized spacial score (nSPS) is 11.2. The summed E-state index contributed by atoms with van der Waals surface area (Å²) in [6.45, 7) is 7.32. The summed E-state index contributed by atoms with van der Waals surface area (Å²) in [5.41, 5.74) is 2.01. The first-order chi connectivity index (χ1) is 30.4. The Hall–Kier alpha value is -3.54. The van der Waals surface area contributed by atoms with Gasteiger partial charge in [0.15, 0.2) is 0 Å². The second-order valence-corrected chi connectivity index (χ2v) is 16.2. The molecule has 0 aliphatic heterocycles. The first kappa shape index (κ1) is 63.7. The van der Waals surface area contributed by atoms with Gasteiger partial charge < -0.3 is 40.3 Å². The van der Waals surface area contributed by atoms with Crippen molar-refractivity contribution in [1.82, 2.24) is 5.32 Å². The van der Waals surface area contributed by atoms with Gasteiger partial charge in [-0.05, 0) is 103 Å². The molecule has 0 saturated carbocycles. The van der Waals surface area contributed by atoms with E-state index in [0.717, 1.165) is 43.5 Å². The Morgan fingerprint density at radius 2 is 0.778 bits per heavy atom. The monoisotopic (exact) mass is 927 g/mol. The molecule has 360 valence electrons. The number of ether oxygens (including phenoxy) is 2. The number of aliphatic hydroxyl groups excluding tert-OH is 5. The SMILES string of the molecule is CNCC/C=C\CCOC.COCC/C=C\CCOS(=O)(=O)c1ccc(C)cc1.Cc1ccc(S(=O)(=O)OCC/C=C\CCO)cc1.OCC/C=C\CCO.OCCC#CCCO. The average molecular weight is 928 g/mol. The number of hydrogen-bond donors (Lipinski definition) is 6. The molecule has 16 heteroatoms.